The molecule has 24 heavy (non-hydrogen) atoms. The molecule has 0 bridgehead atoms. The van der Waals surface area contributed by atoms with Crippen molar-refractivity contribution in [3.05, 3.63) is 53.7 Å². The molecule has 1 aliphatic rings. The average Bonchev–Trinajstić information content (AvgIpc) is 3.11. The molecule has 3 heteroatoms. The molecule has 0 amide bonds. The van der Waals surface area contributed by atoms with Gasteiger partial charge in [0, 0.05) is 18.3 Å². The minimum Gasteiger partial charge on any atom is -0.310 e. The van der Waals surface area contributed by atoms with E-state index in [-0.39, 0.29) is 0 Å². The van der Waals surface area contributed by atoms with Crippen LogP contribution in [0.3, 0.4) is 0 Å². The van der Waals surface area contributed by atoms with Crippen LogP contribution in [0.15, 0.2) is 48.7 Å². The Kier molecular flexibility index (Phi) is 4.91. The Morgan fingerprint density at radius 3 is 2.75 bits per heavy atom. The van der Waals surface area contributed by atoms with Crippen LogP contribution in [-0.2, 0) is 6.54 Å². The van der Waals surface area contributed by atoms with Crippen LogP contribution in [0.4, 0.5) is 0 Å². The standard InChI is InChI=1S/C21H24N2S/c1-2-7-16(8-3-1)13-22-15-21-23-14-20(24-21)19-12-6-10-17-9-4-5-11-18(17)19/h4-6,9-12,14,16,22H,1-3,7-8,13,15H2. The Morgan fingerprint density at radius 2 is 1.83 bits per heavy atom. The Labute approximate surface area is 147 Å². The summed E-state index contributed by atoms with van der Waals surface area (Å²) >= 11 is 1.81. The fraction of sp³-hybridized carbons (Fsp3) is 0.381. The van der Waals surface area contributed by atoms with Crippen LogP contribution < -0.4 is 5.32 Å². The van der Waals surface area contributed by atoms with Gasteiger partial charge < -0.3 is 5.32 Å². The normalized spacial score (nSPS) is 15.8. The number of hydrogen-bond donors (Lipinski definition) is 1. The predicted octanol–water partition coefficient (Wildman–Crippen LogP) is 5.63. The molecule has 2 aromatic carbocycles. The number of aromatic nitrogens is 1. The first kappa shape index (κ1) is 15.8. The van der Waals surface area contributed by atoms with Crippen LogP contribution in [0.1, 0.15) is 37.1 Å². The maximum absolute atomic E-state index is 4.64. The highest BCUT2D eigenvalue weighted by molar-refractivity contribution is 7.15. The van der Waals surface area contributed by atoms with Crippen molar-refractivity contribution >= 4 is 22.1 Å². The molecule has 0 aliphatic heterocycles. The third-order valence-corrected chi connectivity index (χ3v) is 6.07. The summed E-state index contributed by atoms with van der Waals surface area (Å²) in [6.45, 7) is 2.04. The van der Waals surface area contributed by atoms with Gasteiger partial charge in [-0.2, -0.15) is 0 Å². The lowest BCUT2D eigenvalue weighted by Gasteiger charge is -2.21. The number of nitrogens with one attached hydrogen (secondary N) is 1. The summed E-state index contributed by atoms with van der Waals surface area (Å²) in [5.41, 5.74) is 1.30. The number of hydrogen-bond acceptors (Lipinski definition) is 3. The number of nitrogens with zero attached hydrogens (tertiary/aromatic N) is 1. The van der Waals surface area contributed by atoms with Gasteiger partial charge >= 0.3 is 0 Å². The Bertz CT molecular complexity index is 797. The summed E-state index contributed by atoms with van der Waals surface area (Å²) < 4.78 is 0. The molecular weight excluding hydrogens is 312 g/mol. The van der Waals surface area contributed by atoms with Gasteiger partial charge in [-0.3, -0.25) is 0 Å². The summed E-state index contributed by atoms with van der Waals surface area (Å²) in [6, 6.07) is 15.1. The highest BCUT2D eigenvalue weighted by atomic mass is 32.1. The van der Waals surface area contributed by atoms with Gasteiger partial charge in [0.05, 0.1) is 4.88 Å². The molecule has 1 fully saturated rings. The van der Waals surface area contributed by atoms with Gasteiger partial charge in [-0.15, -0.1) is 11.3 Å². The SMILES string of the molecule is c1ccc2c(-c3cnc(CNCC4CCCCC4)s3)cccc2c1. The number of rotatable bonds is 5. The molecule has 0 radical (unpaired) electrons. The third kappa shape index (κ3) is 3.52. The zero-order valence-electron chi connectivity index (χ0n) is 14.0. The first-order valence-electron chi connectivity index (χ1n) is 9.04. The molecule has 1 N–H and O–H groups in total. The van der Waals surface area contributed by atoms with E-state index in [4.69, 9.17) is 0 Å². The van der Waals surface area contributed by atoms with E-state index in [1.165, 1.54) is 58.3 Å². The highest BCUT2D eigenvalue weighted by Gasteiger charge is 2.13. The highest BCUT2D eigenvalue weighted by Crippen LogP contribution is 2.32. The van der Waals surface area contributed by atoms with E-state index in [9.17, 15) is 0 Å². The molecule has 3 aromatic rings. The number of benzene rings is 2. The Hall–Kier alpha value is -1.71. The third-order valence-electron chi connectivity index (χ3n) is 5.04. The lowest BCUT2D eigenvalue weighted by molar-refractivity contribution is 0.342. The van der Waals surface area contributed by atoms with Crippen molar-refractivity contribution in [3.63, 3.8) is 0 Å². The molecule has 1 saturated carbocycles. The summed E-state index contributed by atoms with van der Waals surface area (Å²) in [4.78, 5) is 5.90. The van der Waals surface area contributed by atoms with Crippen LogP contribution in [0.2, 0.25) is 0 Å². The maximum Gasteiger partial charge on any atom is 0.107 e. The van der Waals surface area contributed by atoms with Gasteiger partial charge in [0.2, 0.25) is 0 Å². The number of fused-ring (bicyclic) bond motifs is 1. The van der Waals surface area contributed by atoms with E-state index in [0.717, 1.165) is 19.0 Å². The van der Waals surface area contributed by atoms with Crippen molar-refractivity contribution in [2.75, 3.05) is 6.54 Å². The van der Waals surface area contributed by atoms with Crippen molar-refractivity contribution in [1.29, 1.82) is 0 Å². The molecule has 4 rings (SSSR count). The quantitative estimate of drug-likeness (QED) is 0.653. The second kappa shape index (κ2) is 7.45. The first-order valence-corrected chi connectivity index (χ1v) is 9.85. The second-order valence-corrected chi connectivity index (χ2v) is 7.90. The predicted molar refractivity (Wildman–Crippen MR) is 103 cm³/mol. The van der Waals surface area contributed by atoms with E-state index >= 15 is 0 Å². The monoisotopic (exact) mass is 336 g/mol. The van der Waals surface area contributed by atoms with Crippen LogP contribution in [0.5, 0.6) is 0 Å². The molecule has 0 unspecified atom stereocenters. The van der Waals surface area contributed by atoms with Gasteiger partial charge in [-0.05, 0) is 36.1 Å². The summed E-state index contributed by atoms with van der Waals surface area (Å²) in [5, 5.41) is 7.41. The zero-order valence-corrected chi connectivity index (χ0v) is 14.8. The minimum atomic E-state index is 0.872. The van der Waals surface area contributed by atoms with Gasteiger partial charge in [0.1, 0.15) is 5.01 Å². The van der Waals surface area contributed by atoms with E-state index in [1.807, 2.05) is 17.5 Å². The van der Waals surface area contributed by atoms with Crippen molar-refractivity contribution in [1.82, 2.24) is 10.3 Å². The Morgan fingerprint density at radius 1 is 1.00 bits per heavy atom. The van der Waals surface area contributed by atoms with Crippen LogP contribution in [0, 0.1) is 5.92 Å². The summed E-state index contributed by atoms with van der Waals surface area (Å²) in [7, 11) is 0. The van der Waals surface area contributed by atoms with Gasteiger partial charge in [0.15, 0.2) is 0 Å². The van der Waals surface area contributed by atoms with Gasteiger partial charge in [-0.25, -0.2) is 4.98 Å². The Balaban J connectivity index is 1.44. The molecule has 1 aromatic heterocycles. The van der Waals surface area contributed by atoms with Crippen molar-refractivity contribution in [2.45, 2.75) is 38.6 Å². The molecule has 1 aliphatic carbocycles. The molecule has 2 nitrogen and oxygen atoms in total. The van der Waals surface area contributed by atoms with Crippen molar-refractivity contribution in [3.8, 4) is 10.4 Å². The smallest absolute Gasteiger partial charge is 0.107 e. The average molecular weight is 337 g/mol. The van der Waals surface area contributed by atoms with Crippen LogP contribution in [0.25, 0.3) is 21.2 Å². The van der Waals surface area contributed by atoms with E-state index in [2.05, 4.69) is 52.8 Å². The second-order valence-electron chi connectivity index (χ2n) is 6.78. The molecule has 0 saturated heterocycles. The number of thiazole rings is 1. The van der Waals surface area contributed by atoms with Crippen LogP contribution >= 0.6 is 11.3 Å². The van der Waals surface area contributed by atoms with Crippen molar-refractivity contribution < 1.29 is 0 Å². The van der Waals surface area contributed by atoms with Gasteiger partial charge in [-0.1, -0.05) is 61.7 Å². The van der Waals surface area contributed by atoms with E-state index in [0.29, 0.717) is 0 Å². The zero-order chi connectivity index (χ0) is 16.2. The summed E-state index contributed by atoms with van der Waals surface area (Å²) in [6.07, 6.45) is 9.07. The van der Waals surface area contributed by atoms with E-state index in [1.54, 1.807) is 0 Å². The first-order chi connectivity index (χ1) is 11.9. The maximum atomic E-state index is 4.64. The molecule has 0 atom stereocenters. The molecule has 1 heterocycles. The fourth-order valence-corrected chi connectivity index (χ4v) is 4.66. The fourth-order valence-electron chi connectivity index (χ4n) is 3.73. The molecule has 0 spiro atoms. The topological polar surface area (TPSA) is 24.9 Å². The largest absolute Gasteiger partial charge is 0.310 e. The lowest BCUT2D eigenvalue weighted by Crippen LogP contribution is -2.24. The molecular formula is C21H24N2S. The van der Waals surface area contributed by atoms with E-state index < -0.39 is 0 Å². The van der Waals surface area contributed by atoms with Crippen molar-refractivity contribution in [2.24, 2.45) is 5.92 Å². The van der Waals surface area contributed by atoms with Gasteiger partial charge in [0.25, 0.3) is 0 Å². The lowest BCUT2D eigenvalue weighted by atomic mass is 9.89. The molecule has 124 valence electrons. The van der Waals surface area contributed by atoms with Crippen LogP contribution in [-0.4, -0.2) is 11.5 Å². The minimum absolute atomic E-state index is 0.872. The summed E-state index contributed by atoms with van der Waals surface area (Å²) in [5.74, 6) is 0.872.